The summed E-state index contributed by atoms with van der Waals surface area (Å²) in [5.41, 5.74) is 6.68. The summed E-state index contributed by atoms with van der Waals surface area (Å²) in [5, 5.41) is 0.417. The third-order valence-corrected chi connectivity index (χ3v) is 6.58. The third kappa shape index (κ3) is 4.89. The summed E-state index contributed by atoms with van der Waals surface area (Å²) in [6, 6.07) is 10.7. The number of benzene rings is 2. The molecular weight excluding hydrogens is 447 g/mol. The molecular formula is C24H24F3N3O2Si. The van der Waals surface area contributed by atoms with E-state index >= 15 is 0 Å². The second-order valence-electron chi connectivity index (χ2n) is 8.14. The van der Waals surface area contributed by atoms with Crippen molar-refractivity contribution in [3.63, 3.8) is 0 Å². The number of nitrogens with zero attached hydrogens (tertiary/aromatic N) is 2. The van der Waals surface area contributed by atoms with Crippen molar-refractivity contribution in [1.29, 1.82) is 0 Å². The number of anilines is 1. The van der Waals surface area contributed by atoms with E-state index in [9.17, 15) is 13.2 Å². The zero-order chi connectivity index (χ0) is 23.5. The molecule has 0 fully saturated rings. The van der Waals surface area contributed by atoms with Gasteiger partial charge >= 0.3 is 0 Å². The zero-order valence-electron chi connectivity index (χ0n) is 18.3. The molecule has 2 aromatic carbocycles. The standard InChI is InChI=1S/C24H24F3N3O2Si/c1-33(2)10-9-31-14-30-13-17(16-5-3-4-6-18(16)25)22-21(7-8-29-24(22)30)32-23-19(26)11-15(28)12-20(23)27/h3-8,11-13,33H,9-10,14,28H2,1-2H3. The van der Waals surface area contributed by atoms with Gasteiger partial charge in [0.15, 0.2) is 17.4 Å². The number of hydrogen-bond acceptors (Lipinski definition) is 4. The first-order valence-electron chi connectivity index (χ1n) is 10.6. The minimum absolute atomic E-state index is 0.0583. The Bertz CT molecular complexity index is 1270. The highest BCUT2D eigenvalue weighted by Gasteiger charge is 2.21. The number of rotatable bonds is 8. The molecule has 2 N–H and O–H groups in total. The summed E-state index contributed by atoms with van der Waals surface area (Å²) in [7, 11) is -0.757. The lowest BCUT2D eigenvalue weighted by Crippen LogP contribution is -2.08. The molecule has 0 radical (unpaired) electrons. The second-order valence-corrected chi connectivity index (χ2v) is 11.5. The molecule has 0 aliphatic carbocycles. The van der Waals surface area contributed by atoms with E-state index in [4.69, 9.17) is 15.2 Å². The number of pyridine rings is 1. The summed E-state index contributed by atoms with van der Waals surface area (Å²) in [6.07, 6.45) is 3.18. The van der Waals surface area contributed by atoms with E-state index in [0.717, 1.165) is 18.2 Å². The van der Waals surface area contributed by atoms with E-state index in [0.29, 0.717) is 28.8 Å². The van der Waals surface area contributed by atoms with E-state index in [1.54, 1.807) is 29.0 Å². The van der Waals surface area contributed by atoms with Crippen LogP contribution in [0.15, 0.2) is 54.9 Å². The van der Waals surface area contributed by atoms with Crippen LogP contribution in [0.25, 0.3) is 22.2 Å². The zero-order valence-corrected chi connectivity index (χ0v) is 19.5. The first kappa shape index (κ1) is 22.9. The van der Waals surface area contributed by atoms with Crippen molar-refractivity contribution in [2.75, 3.05) is 12.3 Å². The van der Waals surface area contributed by atoms with Crippen LogP contribution in [0.5, 0.6) is 11.5 Å². The van der Waals surface area contributed by atoms with Gasteiger partial charge in [-0.3, -0.25) is 0 Å². The minimum atomic E-state index is -0.939. The molecule has 5 nitrogen and oxygen atoms in total. The van der Waals surface area contributed by atoms with Gasteiger partial charge in [-0.25, -0.2) is 18.2 Å². The number of aromatic nitrogens is 2. The Hall–Kier alpha value is -3.30. The van der Waals surface area contributed by atoms with E-state index in [1.165, 1.54) is 18.3 Å². The van der Waals surface area contributed by atoms with Crippen molar-refractivity contribution in [3.8, 4) is 22.6 Å². The molecule has 9 heteroatoms. The van der Waals surface area contributed by atoms with Gasteiger partial charge in [-0.05, 0) is 18.2 Å². The lowest BCUT2D eigenvalue weighted by atomic mass is 10.0. The SMILES string of the molecule is C[SiH](C)CCOCn1cc(-c2ccccc2F)c2c(Oc3c(F)cc(N)cc3F)ccnc21. The Balaban J connectivity index is 1.82. The highest BCUT2D eigenvalue weighted by atomic mass is 28.3. The summed E-state index contributed by atoms with van der Waals surface area (Å²) in [6.45, 7) is 5.29. The molecule has 2 heterocycles. The Morgan fingerprint density at radius 2 is 1.73 bits per heavy atom. The molecule has 0 aliphatic rings. The summed E-state index contributed by atoms with van der Waals surface area (Å²) in [4.78, 5) is 4.41. The Labute approximate surface area is 191 Å². The Morgan fingerprint density at radius 3 is 2.42 bits per heavy atom. The Morgan fingerprint density at radius 1 is 1.00 bits per heavy atom. The van der Waals surface area contributed by atoms with Gasteiger partial charge in [0.05, 0.1) is 5.39 Å². The van der Waals surface area contributed by atoms with Gasteiger partial charge in [0.2, 0.25) is 0 Å². The molecule has 0 unspecified atom stereocenters. The predicted molar refractivity (Wildman–Crippen MR) is 126 cm³/mol. The topological polar surface area (TPSA) is 62.3 Å². The smallest absolute Gasteiger partial charge is 0.198 e. The average Bonchev–Trinajstić information content (AvgIpc) is 3.13. The monoisotopic (exact) mass is 471 g/mol. The fourth-order valence-corrected chi connectivity index (χ4v) is 4.16. The highest BCUT2D eigenvalue weighted by Crippen LogP contribution is 2.40. The summed E-state index contributed by atoms with van der Waals surface area (Å²) in [5.74, 6) is -2.78. The highest BCUT2D eigenvalue weighted by molar-refractivity contribution is 6.55. The van der Waals surface area contributed by atoms with Gasteiger partial charge in [-0.15, -0.1) is 0 Å². The predicted octanol–water partition coefficient (Wildman–Crippen LogP) is 5.96. The molecule has 0 atom stereocenters. The normalized spacial score (nSPS) is 11.5. The fourth-order valence-electron chi connectivity index (χ4n) is 3.52. The van der Waals surface area contributed by atoms with Gasteiger partial charge in [0.25, 0.3) is 0 Å². The van der Waals surface area contributed by atoms with Gasteiger partial charge in [0, 0.05) is 56.7 Å². The van der Waals surface area contributed by atoms with Crippen LogP contribution in [0.3, 0.4) is 0 Å². The minimum Gasteiger partial charge on any atom is -0.450 e. The number of halogens is 3. The first-order valence-corrected chi connectivity index (χ1v) is 13.7. The molecule has 172 valence electrons. The van der Waals surface area contributed by atoms with Crippen LogP contribution in [-0.2, 0) is 11.5 Å². The summed E-state index contributed by atoms with van der Waals surface area (Å²) >= 11 is 0. The molecule has 0 bridgehead atoms. The van der Waals surface area contributed by atoms with Crippen molar-refractivity contribution in [2.24, 2.45) is 0 Å². The van der Waals surface area contributed by atoms with E-state index in [-0.39, 0.29) is 18.2 Å². The number of nitrogen functional groups attached to an aromatic ring is 1. The molecule has 0 amide bonds. The maximum absolute atomic E-state index is 14.7. The van der Waals surface area contributed by atoms with Crippen molar-refractivity contribution >= 4 is 25.5 Å². The number of ether oxygens (including phenoxy) is 2. The number of hydrogen-bond donors (Lipinski definition) is 1. The van der Waals surface area contributed by atoms with Gasteiger partial charge in [0.1, 0.15) is 23.9 Å². The lowest BCUT2D eigenvalue weighted by molar-refractivity contribution is 0.0903. The van der Waals surface area contributed by atoms with Crippen LogP contribution in [0.1, 0.15) is 0 Å². The maximum Gasteiger partial charge on any atom is 0.198 e. The number of nitrogens with two attached hydrogens (primary N) is 1. The van der Waals surface area contributed by atoms with E-state index in [2.05, 4.69) is 18.1 Å². The Kier molecular flexibility index (Phi) is 6.71. The quantitative estimate of drug-likeness (QED) is 0.196. The average molecular weight is 472 g/mol. The van der Waals surface area contributed by atoms with Gasteiger partial charge in [-0.1, -0.05) is 31.3 Å². The molecule has 4 rings (SSSR count). The molecule has 0 saturated heterocycles. The lowest BCUT2D eigenvalue weighted by Gasteiger charge is -2.11. The molecule has 33 heavy (non-hydrogen) atoms. The molecule has 0 spiro atoms. The molecule has 0 aliphatic heterocycles. The van der Waals surface area contributed by atoms with Crippen molar-refractivity contribution in [3.05, 3.63) is 72.3 Å². The molecule has 2 aromatic heterocycles. The molecule has 4 aromatic rings. The van der Waals surface area contributed by atoms with Gasteiger partial charge in [-0.2, -0.15) is 0 Å². The second kappa shape index (κ2) is 9.68. The van der Waals surface area contributed by atoms with E-state index in [1.807, 2.05) is 0 Å². The summed E-state index contributed by atoms with van der Waals surface area (Å²) < 4.78 is 56.8. The maximum atomic E-state index is 14.7. The van der Waals surface area contributed by atoms with Crippen molar-refractivity contribution in [1.82, 2.24) is 9.55 Å². The van der Waals surface area contributed by atoms with Crippen LogP contribution in [0.2, 0.25) is 19.1 Å². The van der Waals surface area contributed by atoms with E-state index < -0.39 is 32.0 Å². The van der Waals surface area contributed by atoms with Crippen LogP contribution in [0.4, 0.5) is 18.9 Å². The van der Waals surface area contributed by atoms with Crippen molar-refractivity contribution in [2.45, 2.75) is 25.9 Å². The van der Waals surface area contributed by atoms with Crippen LogP contribution < -0.4 is 10.5 Å². The fraction of sp³-hybridized carbons (Fsp3) is 0.208. The number of fused-ring (bicyclic) bond motifs is 1. The van der Waals surface area contributed by atoms with Crippen LogP contribution >= 0.6 is 0 Å². The largest absolute Gasteiger partial charge is 0.450 e. The van der Waals surface area contributed by atoms with Crippen LogP contribution in [-0.4, -0.2) is 25.0 Å². The third-order valence-electron chi connectivity index (χ3n) is 5.19. The van der Waals surface area contributed by atoms with Crippen LogP contribution in [0, 0.1) is 17.5 Å². The van der Waals surface area contributed by atoms with Crippen molar-refractivity contribution < 1.29 is 22.6 Å². The molecule has 0 saturated carbocycles. The first-order chi connectivity index (χ1) is 15.8. The van der Waals surface area contributed by atoms with Gasteiger partial charge < -0.3 is 19.8 Å².